The van der Waals surface area contributed by atoms with E-state index in [9.17, 15) is 4.57 Å². The monoisotopic (exact) mass is 369 g/mol. The lowest BCUT2D eigenvalue weighted by atomic mass is 10.1. The van der Waals surface area contributed by atoms with Crippen LogP contribution >= 0.6 is 32.4 Å². The maximum Gasteiger partial charge on any atom is 0.325 e. The van der Waals surface area contributed by atoms with Gasteiger partial charge in [-0.25, -0.2) is 0 Å². The predicted molar refractivity (Wildman–Crippen MR) is 102 cm³/mol. The molecule has 22 heavy (non-hydrogen) atoms. The molecule has 0 bridgehead atoms. The van der Waals surface area contributed by atoms with Crippen LogP contribution in [0.5, 0.6) is 0 Å². The minimum Gasteiger partial charge on any atom is -0.371 e. The van der Waals surface area contributed by atoms with Crippen molar-refractivity contribution in [3.8, 4) is 0 Å². The summed E-state index contributed by atoms with van der Waals surface area (Å²) < 4.78 is 11.2. The quantitative estimate of drug-likeness (QED) is 0.146. The summed E-state index contributed by atoms with van der Waals surface area (Å²) in [5.74, 6) is 0. The first kappa shape index (κ1) is 22.4. The van der Waals surface area contributed by atoms with E-state index in [2.05, 4.69) is 17.9 Å². The summed E-state index contributed by atoms with van der Waals surface area (Å²) in [6.45, 7) is 0.935. The first-order valence-corrected chi connectivity index (χ1v) is 11.1. The summed E-state index contributed by atoms with van der Waals surface area (Å²) in [4.78, 5) is 17.5. The van der Waals surface area contributed by atoms with Gasteiger partial charge in [0.15, 0.2) is 0 Å². The Morgan fingerprint density at radius 3 is 1.55 bits per heavy atom. The first-order valence-electron chi connectivity index (χ1n) is 8.43. The average Bonchev–Trinajstić information content (AvgIpc) is 2.41. The maximum atomic E-state index is 10.7. The minimum atomic E-state index is -3.77. The van der Waals surface area contributed by atoms with Crippen molar-refractivity contribution < 1.29 is 14.4 Å². The molecule has 0 aliphatic heterocycles. The van der Waals surface area contributed by atoms with Gasteiger partial charge in [-0.15, -0.1) is 12.6 Å². The second kappa shape index (κ2) is 14.9. The Hall–Kier alpha value is 0.390. The van der Waals surface area contributed by atoms with Crippen LogP contribution in [-0.4, -0.2) is 26.8 Å². The molecule has 0 aromatic rings. The molecule has 0 atom stereocenters. The zero-order chi connectivity index (χ0) is 16.7. The van der Waals surface area contributed by atoms with Gasteiger partial charge in [0.2, 0.25) is 0 Å². The normalized spacial score (nSPS) is 11.6. The van der Waals surface area contributed by atoms with E-state index in [-0.39, 0.29) is 6.16 Å². The van der Waals surface area contributed by atoms with Crippen LogP contribution < -0.4 is 5.32 Å². The van der Waals surface area contributed by atoms with Crippen LogP contribution in [0.15, 0.2) is 0 Å². The smallest absolute Gasteiger partial charge is 0.325 e. The van der Waals surface area contributed by atoms with E-state index in [0.29, 0.717) is 10.7 Å². The molecule has 0 aromatic heterocycles. The van der Waals surface area contributed by atoms with Gasteiger partial charge in [0.1, 0.15) is 4.32 Å². The number of hydrogen-bond donors (Lipinski definition) is 4. The van der Waals surface area contributed by atoms with Crippen molar-refractivity contribution >= 4 is 36.8 Å². The molecular weight excluding hydrogens is 337 g/mol. The van der Waals surface area contributed by atoms with E-state index in [1.165, 1.54) is 51.4 Å². The Kier molecular flexibility index (Phi) is 15.2. The molecule has 0 saturated heterocycles. The molecule has 0 saturated carbocycles. The highest BCUT2D eigenvalue weighted by Gasteiger charge is 2.10. The van der Waals surface area contributed by atoms with Gasteiger partial charge < -0.3 is 15.1 Å². The molecule has 0 fully saturated rings. The second-order valence-corrected chi connectivity index (χ2v) is 8.80. The second-order valence-electron chi connectivity index (χ2n) is 5.86. The molecule has 4 nitrogen and oxygen atoms in total. The van der Waals surface area contributed by atoms with Gasteiger partial charge in [-0.3, -0.25) is 4.57 Å². The third kappa shape index (κ3) is 20.4. The van der Waals surface area contributed by atoms with Crippen molar-refractivity contribution in [1.29, 1.82) is 0 Å². The maximum absolute atomic E-state index is 10.7. The van der Waals surface area contributed by atoms with Crippen LogP contribution in [0.2, 0.25) is 0 Å². The van der Waals surface area contributed by atoms with Crippen LogP contribution in [0.3, 0.4) is 0 Å². The van der Waals surface area contributed by atoms with Crippen molar-refractivity contribution in [2.75, 3.05) is 12.7 Å². The van der Waals surface area contributed by atoms with Crippen molar-refractivity contribution in [3.05, 3.63) is 0 Å². The summed E-state index contributed by atoms with van der Waals surface area (Å²) in [6, 6.07) is 0. The highest BCUT2D eigenvalue weighted by molar-refractivity contribution is 8.11. The van der Waals surface area contributed by atoms with Crippen molar-refractivity contribution in [2.24, 2.45) is 0 Å². The third-order valence-corrected chi connectivity index (χ3v) is 4.85. The number of hydrogen-bond acceptors (Lipinski definition) is 2. The minimum absolute atomic E-state index is 0.0439. The lowest BCUT2D eigenvalue weighted by molar-refractivity contribution is 0.370. The standard InChI is InChI=1S/C15H32NO3PS2/c17-20(18,19)14-12-10-8-6-4-2-1-3-5-7-9-11-13-16-15(21)22/h1-14H2,(H2,16,21,22)(H2,17,18,19). The molecule has 7 heteroatoms. The first-order chi connectivity index (χ1) is 10.4. The number of nitrogens with one attached hydrogen (secondary N) is 1. The van der Waals surface area contributed by atoms with Gasteiger partial charge in [0, 0.05) is 12.7 Å². The SMILES string of the molecule is O=P(O)(O)CCCCCCCCCCCCCCNC(=S)S. The number of rotatable bonds is 15. The van der Waals surface area contributed by atoms with E-state index in [4.69, 9.17) is 22.0 Å². The van der Waals surface area contributed by atoms with Gasteiger partial charge in [-0.05, 0) is 12.8 Å². The molecule has 3 N–H and O–H groups in total. The van der Waals surface area contributed by atoms with Crippen LogP contribution in [0.4, 0.5) is 0 Å². The lowest BCUT2D eigenvalue weighted by Crippen LogP contribution is -2.17. The highest BCUT2D eigenvalue weighted by Crippen LogP contribution is 2.35. The van der Waals surface area contributed by atoms with E-state index in [1.807, 2.05) is 0 Å². The zero-order valence-electron chi connectivity index (χ0n) is 13.5. The van der Waals surface area contributed by atoms with Gasteiger partial charge >= 0.3 is 7.60 Å². The average molecular weight is 370 g/mol. The van der Waals surface area contributed by atoms with E-state index >= 15 is 0 Å². The topological polar surface area (TPSA) is 69.6 Å². The number of thiocarbonyl (C=S) groups is 1. The fourth-order valence-corrected chi connectivity index (χ4v) is 3.26. The Morgan fingerprint density at radius 1 is 0.818 bits per heavy atom. The summed E-state index contributed by atoms with van der Waals surface area (Å²) >= 11 is 8.84. The zero-order valence-corrected chi connectivity index (χ0v) is 16.1. The summed E-state index contributed by atoms with van der Waals surface area (Å²) in [5, 5.41) is 3.05. The lowest BCUT2D eigenvalue weighted by Gasteiger charge is -2.05. The molecule has 132 valence electrons. The Balaban J connectivity index is 3.06. The van der Waals surface area contributed by atoms with Crippen LogP contribution in [0.25, 0.3) is 0 Å². The fourth-order valence-electron chi connectivity index (χ4n) is 2.41. The van der Waals surface area contributed by atoms with Gasteiger partial charge in [-0.1, -0.05) is 76.4 Å². The molecule has 0 radical (unpaired) electrons. The molecule has 0 aliphatic carbocycles. The summed E-state index contributed by atoms with van der Waals surface area (Å²) in [5.41, 5.74) is 0. The predicted octanol–water partition coefficient (Wildman–Crippen LogP) is 4.65. The molecule has 0 aromatic carbocycles. The largest absolute Gasteiger partial charge is 0.371 e. The molecule has 0 unspecified atom stereocenters. The van der Waals surface area contributed by atoms with Gasteiger partial charge in [0.05, 0.1) is 0 Å². The van der Waals surface area contributed by atoms with E-state index in [1.54, 1.807) is 0 Å². The van der Waals surface area contributed by atoms with E-state index < -0.39 is 7.60 Å². The van der Waals surface area contributed by atoms with E-state index in [0.717, 1.165) is 25.8 Å². The number of thiol groups is 1. The van der Waals surface area contributed by atoms with Crippen LogP contribution in [-0.2, 0) is 4.57 Å². The summed E-state index contributed by atoms with van der Waals surface area (Å²) in [6.07, 6.45) is 14.1. The van der Waals surface area contributed by atoms with Crippen LogP contribution in [0.1, 0.15) is 77.0 Å². The Morgan fingerprint density at radius 2 is 1.18 bits per heavy atom. The van der Waals surface area contributed by atoms with Gasteiger partial charge in [-0.2, -0.15) is 0 Å². The summed E-state index contributed by atoms with van der Waals surface area (Å²) in [7, 11) is -3.77. The van der Waals surface area contributed by atoms with Crippen molar-refractivity contribution in [2.45, 2.75) is 77.0 Å². The van der Waals surface area contributed by atoms with Crippen molar-refractivity contribution in [1.82, 2.24) is 5.32 Å². The molecule has 0 aliphatic rings. The Bertz CT molecular complexity index is 324. The third-order valence-electron chi connectivity index (χ3n) is 3.65. The molecule has 0 rings (SSSR count). The highest BCUT2D eigenvalue weighted by atomic mass is 32.1. The van der Waals surface area contributed by atoms with Gasteiger partial charge in [0.25, 0.3) is 0 Å². The fraction of sp³-hybridized carbons (Fsp3) is 0.933. The molecule has 0 amide bonds. The molecule has 0 heterocycles. The molecular formula is C15H32NO3PS2. The van der Waals surface area contributed by atoms with Crippen LogP contribution in [0, 0.1) is 0 Å². The number of unbranched alkanes of at least 4 members (excludes halogenated alkanes) is 11. The molecule has 0 spiro atoms. The Labute approximate surface area is 146 Å². The van der Waals surface area contributed by atoms with Crippen molar-refractivity contribution in [3.63, 3.8) is 0 Å².